The molecule has 0 saturated heterocycles. The zero-order valence-electron chi connectivity index (χ0n) is 11.8. The lowest BCUT2D eigenvalue weighted by Gasteiger charge is -2.23. The van der Waals surface area contributed by atoms with Gasteiger partial charge in [0.1, 0.15) is 11.5 Å². The quantitative estimate of drug-likeness (QED) is 0.879. The van der Waals surface area contributed by atoms with E-state index in [9.17, 15) is 0 Å². The van der Waals surface area contributed by atoms with Crippen LogP contribution in [0.15, 0.2) is 18.2 Å². The summed E-state index contributed by atoms with van der Waals surface area (Å²) in [5, 5.41) is 3.56. The molecule has 0 radical (unpaired) electrons. The summed E-state index contributed by atoms with van der Waals surface area (Å²) in [5.41, 5.74) is 1.05. The molecular weight excluding hydrogens is 238 g/mol. The number of methoxy groups -OCH3 is 2. The Balaban J connectivity index is 1.65. The lowest BCUT2D eigenvalue weighted by Crippen LogP contribution is -2.20. The van der Waals surface area contributed by atoms with Crippen LogP contribution < -0.4 is 14.8 Å². The SMILES string of the molecule is COc1ccc(OC)c(NCC2CC3CCC2C3)c1. The topological polar surface area (TPSA) is 30.5 Å². The van der Waals surface area contributed by atoms with Crippen molar-refractivity contribution in [1.29, 1.82) is 0 Å². The first-order chi connectivity index (χ1) is 9.30. The molecule has 0 heterocycles. The first-order valence-electron chi connectivity index (χ1n) is 7.26. The lowest BCUT2D eigenvalue weighted by atomic mass is 9.89. The van der Waals surface area contributed by atoms with E-state index in [1.807, 2.05) is 18.2 Å². The van der Waals surface area contributed by atoms with Crippen LogP contribution in [0.1, 0.15) is 25.7 Å². The molecule has 1 aromatic carbocycles. The number of nitrogens with one attached hydrogen (secondary N) is 1. The molecule has 3 unspecified atom stereocenters. The second-order valence-corrected chi connectivity index (χ2v) is 5.88. The van der Waals surface area contributed by atoms with Crippen LogP contribution in [0.5, 0.6) is 11.5 Å². The Morgan fingerprint density at radius 3 is 2.68 bits per heavy atom. The molecule has 2 bridgehead atoms. The van der Waals surface area contributed by atoms with Gasteiger partial charge in [-0.1, -0.05) is 6.42 Å². The van der Waals surface area contributed by atoms with Crippen molar-refractivity contribution < 1.29 is 9.47 Å². The van der Waals surface area contributed by atoms with Crippen molar-refractivity contribution in [2.75, 3.05) is 26.1 Å². The molecule has 3 heteroatoms. The Labute approximate surface area is 115 Å². The van der Waals surface area contributed by atoms with Crippen LogP contribution in [0.3, 0.4) is 0 Å². The summed E-state index contributed by atoms with van der Waals surface area (Å²) in [6, 6.07) is 5.91. The minimum Gasteiger partial charge on any atom is -0.497 e. The summed E-state index contributed by atoms with van der Waals surface area (Å²) in [5.74, 6) is 4.56. The van der Waals surface area contributed by atoms with Crippen molar-refractivity contribution in [3.05, 3.63) is 18.2 Å². The van der Waals surface area contributed by atoms with Crippen molar-refractivity contribution in [2.24, 2.45) is 17.8 Å². The Morgan fingerprint density at radius 2 is 2.05 bits per heavy atom. The van der Waals surface area contributed by atoms with E-state index in [4.69, 9.17) is 9.47 Å². The van der Waals surface area contributed by atoms with E-state index < -0.39 is 0 Å². The fraction of sp³-hybridized carbons (Fsp3) is 0.625. The fourth-order valence-corrected chi connectivity index (χ4v) is 3.82. The maximum atomic E-state index is 5.40. The van der Waals surface area contributed by atoms with Crippen molar-refractivity contribution in [1.82, 2.24) is 0 Å². The van der Waals surface area contributed by atoms with Crippen LogP contribution in [0, 0.1) is 17.8 Å². The Bertz CT molecular complexity index is 446. The van der Waals surface area contributed by atoms with Crippen molar-refractivity contribution >= 4 is 5.69 Å². The normalized spacial score (nSPS) is 28.4. The molecule has 0 amide bonds. The number of anilines is 1. The molecule has 0 spiro atoms. The summed E-state index contributed by atoms with van der Waals surface area (Å²) in [4.78, 5) is 0. The van der Waals surface area contributed by atoms with Crippen LogP contribution in [0.25, 0.3) is 0 Å². The maximum Gasteiger partial charge on any atom is 0.142 e. The summed E-state index contributed by atoms with van der Waals surface area (Å²) in [6.45, 7) is 1.06. The Morgan fingerprint density at radius 1 is 1.16 bits per heavy atom. The second kappa shape index (κ2) is 5.32. The summed E-state index contributed by atoms with van der Waals surface area (Å²) in [6.07, 6.45) is 5.77. The van der Waals surface area contributed by atoms with E-state index in [-0.39, 0.29) is 0 Å². The average molecular weight is 261 g/mol. The number of rotatable bonds is 5. The van der Waals surface area contributed by atoms with Gasteiger partial charge in [-0.25, -0.2) is 0 Å². The third-order valence-corrected chi connectivity index (χ3v) is 4.85. The number of fused-ring (bicyclic) bond motifs is 2. The Hall–Kier alpha value is -1.38. The lowest BCUT2D eigenvalue weighted by molar-refractivity contribution is 0.347. The van der Waals surface area contributed by atoms with Gasteiger partial charge in [-0.3, -0.25) is 0 Å². The number of ether oxygens (including phenoxy) is 2. The Kier molecular flexibility index (Phi) is 3.54. The van der Waals surface area contributed by atoms with E-state index in [1.54, 1.807) is 14.2 Å². The first-order valence-corrected chi connectivity index (χ1v) is 7.26. The molecule has 104 valence electrons. The van der Waals surface area contributed by atoms with E-state index >= 15 is 0 Å². The van der Waals surface area contributed by atoms with Gasteiger partial charge in [0, 0.05) is 12.6 Å². The minimum atomic E-state index is 0.842. The number of hydrogen-bond acceptors (Lipinski definition) is 3. The molecule has 0 aromatic heterocycles. The highest BCUT2D eigenvalue weighted by Crippen LogP contribution is 2.48. The average Bonchev–Trinajstić information content (AvgIpc) is 3.07. The molecule has 1 aromatic rings. The van der Waals surface area contributed by atoms with Crippen LogP contribution in [-0.4, -0.2) is 20.8 Å². The van der Waals surface area contributed by atoms with E-state index in [2.05, 4.69) is 5.32 Å². The van der Waals surface area contributed by atoms with Crippen LogP contribution >= 0.6 is 0 Å². The molecular formula is C16H23NO2. The highest BCUT2D eigenvalue weighted by molar-refractivity contribution is 5.59. The van der Waals surface area contributed by atoms with E-state index in [0.717, 1.165) is 41.5 Å². The minimum absolute atomic E-state index is 0.842. The highest BCUT2D eigenvalue weighted by Gasteiger charge is 2.39. The smallest absolute Gasteiger partial charge is 0.142 e. The van der Waals surface area contributed by atoms with Gasteiger partial charge in [0.2, 0.25) is 0 Å². The summed E-state index contributed by atoms with van der Waals surface area (Å²) in [7, 11) is 3.41. The molecule has 2 fully saturated rings. The highest BCUT2D eigenvalue weighted by atomic mass is 16.5. The van der Waals surface area contributed by atoms with Crippen LogP contribution in [-0.2, 0) is 0 Å². The van der Waals surface area contributed by atoms with Gasteiger partial charge in [-0.05, 0) is 49.1 Å². The van der Waals surface area contributed by atoms with Gasteiger partial charge in [0.05, 0.1) is 19.9 Å². The molecule has 3 atom stereocenters. The van der Waals surface area contributed by atoms with E-state index in [0.29, 0.717) is 0 Å². The monoisotopic (exact) mass is 261 g/mol. The zero-order chi connectivity index (χ0) is 13.2. The number of benzene rings is 1. The molecule has 3 nitrogen and oxygen atoms in total. The van der Waals surface area contributed by atoms with Crippen LogP contribution in [0.4, 0.5) is 5.69 Å². The maximum absolute atomic E-state index is 5.40. The molecule has 0 aliphatic heterocycles. The van der Waals surface area contributed by atoms with Gasteiger partial charge < -0.3 is 14.8 Å². The molecule has 2 saturated carbocycles. The van der Waals surface area contributed by atoms with Gasteiger partial charge >= 0.3 is 0 Å². The first kappa shape index (κ1) is 12.6. The largest absolute Gasteiger partial charge is 0.497 e. The third kappa shape index (κ3) is 2.51. The summed E-state index contributed by atoms with van der Waals surface area (Å²) >= 11 is 0. The number of hydrogen-bond donors (Lipinski definition) is 1. The predicted octanol–water partition coefficient (Wildman–Crippen LogP) is 3.55. The van der Waals surface area contributed by atoms with Gasteiger partial charge in [-0.15, -0.1) is 0 Å². The molecule has 1 N–H and O–H groups in total. The van der Waals surface area contributed by atoms with Gasteiger partial charge in [-0.2, -0.15) is 0 Å². The van der Waals surface area contributed by atoms with Crippen molar-refractivity contribution in [2.45, 2.75) is 25.7 Å². The predicted molar refractivity (Wildman–Crippen MR) is 77.0 cm³/mol. The fourth-order valence-electron chi connectivity index (χ4n) is 3.82. The van der Waals surface area contributed by atoms with Crippen molar-refractivity contribution in [3.8, 4) is 11.5 Å². The molecule has 2 aliphatic carbocycles. The standard InChI is InChI=1S/C16H23NO2/c1-18-14-5-6-16(19-2)15(9-14)17-10-13-8-11-3-4-12(13)7-11/h5-6,9,11-13,17H,3-4,7-8,10H2,1-2H3. The second-order valence-electron chi connectivity index (χ2n) is 5.88. The van der Waals surface area contributed by atoms with Crippen molar-refractivity contribution in [3.63, 3.8) is 0 Å². The zero-order valence-corrected chi connectivity index (χ0v) is 11.8. The van der Waals surface area contributed by atoms with Gasteiger partial charge in [0.15, 0.2) is 0 Å². The third-order valence-electron chi connectivity index (χ3n) is 4.85. The van der Waals surface area contributed by atoms with E-state index in [1.165, 1.54) is 25.7 Å². The van der Waals surface area contributed by atoms with Crippen LogP contribution in [0.2, 0.25) is 0 Å². The molecule has 3 rings (SSSR count). The molecule has 19 heavy (non-hydrogen) atoms. The summed E-state index contributed by atoms with van der Waals surface area (Å²) < 4.78 is 10.7. The molecule has 2 aliphatic rings. The van der Waals surface area contributed by atoms with Gasteiger partial charge in [0.25, 0.3) is 0 Å².